The third-order valence-electron chi connectivity index (χ3n) is 5.43. The maximum Gasteiger partial charge on any atom is 0.227 e. The maximum absolute atomic E-state index is 11.9. The minimum atomic E-state index is 0.211. The Morgan fingerprint density at radius 2 is 1.93 bits per heavy atom. The first-order valence-electron chi connectivity index (χ1n) is 10.6. The van der Waals surface area contributed by atoms with Gasteiger partial charge in [-0.2, -0.15) is 0 Å². The molecule has 1 aromatic heterocycles. The van der Waals surface area contributed by atoms with Crippen LogP contribution in [0.2, 0.25) is 0 Å². The van der Waals surface area contributed by atoms with Crippen molar-refractivity contribution in [3.8, 4) is 5.88 Å². The lowest BCUT2D eigenvalue weighted by molar-refractivity contribution is -0.117. The fourth-order valence-corrected chi connectivity index (χ4v) is 3.43. The molecule has 1 aliphatic heterocycles. The van der Waals surface area contributed by atoms with Gasteiger partial charge in [0.2, 0.25) is 11.8 Å². The van der Waals surface area contributed by atoms with E-state index in [2.05, 4.69) is 20.6 Å². The third kappa shape index (κ3) is 5.49. The Labute approximate surface area is 177 Å². The monoisotopic (exact) mass is 407 g/mol. The summed E-state index contributed by atoms with van der Waals surface area (Å²) in [4.78, 5) is 22.3. The SMILES string of the molecule is CN=C(NCc1ccc(N2CCCC2=O)cc1)NCc1ccnc(OCC2CC2)c1. The topological polar surface area (TPSA) is 78.9 Å². The molecule has 0 radical (unpaired) electrons. The fraction of sp³-hybridized carbons (Fsp3) is 0.435. The number of aliphatic imine (C=N–C) groups is 1. The van der Waals surface area contributed by atoms with E-state index in [0.29, 0.717) is 31.3 Å². The molecule has 2 aliphatic rings. The second-order valence-corrected chi connectivity index (χ2v) is 7.85. The van der Waals surface area contributed by atoms with Gasteiger partial charge >= 0.3 is 0 Å². The number of guanidine groups is 1. The molecular formula is C23H29N5O2. The number of nitrogens with one attached hydrogen (secondary N) is 2. The summed E-state index contributed by atoms with van der Waals surface area (Å²) in [5.41, 5.74) is 3.20. The lowest BCUT2D eigenvalue weighted by Crippen LogP contribution is -2.36. The Hall–Kier alpha value is -3.09. The van der Waals surface area contributed by atoms with E-state index in [0.717, 1.165) is 42.3 Å². The zero-order valence-electron chi connectivity index (χ0n) is 17.4. The molecule has 2 heterocycles. The van der Waals surface area contributed by atoms with Crippen LogP contribution in [0.25, 0.3) is 0 Å². The van der Waals surface area contributed by atoms with Crippen molar-refractivity contribution in [2.24, 2.45) is 10.9 Å². The quantitative estimate of drug-likeness (QED) is 0.520. The van der Waals surface area contributed by atoms with E-state index >= 15 is 0 Å². The number of carbonyl (C=O) groups is 1. The summed E-state index contributed by atoms with van der Waals surface area (Å²) in [6, 6.07) is 12.1. The number of hydrogen-bond acceptors (Lipinski definition) is 4. The first kappa shape index (κ1) is 20.2. The lowest BCUT2D eigenvalue weighted by Gasteiger charge is -2.16. The molecule has 0 bridgehead atoms. The molecule has 4 rings (SSSR count). The fourth-order valence-electron chi connectivity index (χ4n) is 3.43. The van der Waals surface area contributed by atoms with Crippen LogP contribution in [0.4, 0.5) is 5.69 Å². The zero-order valence-corrected chi connectivity index (χ0v) is 17.4. The Kier molecular flexibility index (Phi) is 6.47. The van der Waals surface area contributed by atoms with Gasteiger partial charge < -0.3 is 20.3 Å². The summed E-state index contributed by atoms with van der Waals surface area (Å²) in [5.74, 6) is 2.33. The van der Waals surface area contributed by atoms with Crippen molar-refractivity contribution in [2.75, 3.05) is 25.1 Å². The van der Waals surface area contributed by atoms with Gasteiger partial charge in [0, 0.05) is 51.1 Å². The van der Waals surface area contributed by atoms with Gasteiger partial charge in [-0.25, -0.2) is 4.98 Å². The summed E-state index contributed by atoms with van der Waals surface area (Å²) < 4.78 is 5.75. The highest BCUT2D eigenvalue weighted by atomic mass is 16.5. The second-order valence-electron chi connectivity index (χ2n) is 7.85. The van der Waals surface area contributed by atoms with Crippen molar-refractivity contribution in [2.45, 2.75) is 38.8 Å². The number of amides is 1. The summed E-state index contributed by atoms with van der Waals surface area (Å²) in [6.07, 6.45) is 5.90. The van der Waals surface area contributed by atoms with Crippen molar-refractivity contribution in [3.63, 3.8) is 0 Å². The second kappa shape index (κ2) is 9.61. The Bertz CT molecular complexity index is 893. The molecule has 1 saturated heterocycles. The summed E-state index contributed by atoms with van der Waals surface area (Å²) in [5, 5.41) is 6.65. The molecule has 1 aliphatic carbocycles. The number of rotatable bonds is 8. The molecule has 158 valence electrons. The summed E-state index contributed by atoms with van der Waals surface area (Å²) in [7, 11) is 1.76. The van der Waals surface area contributed by atoms with Gasteiger partial charge in [-0.1, -0.05) is 12.1 Å². The van der Waals surface area contributed by atoms with Gasteiger partial charge in [0.15, 0.2) is 5.96 Å². The highest BCUT2D eigenvalue weighted by Gasteiger charge is 2.22. The van der Waals surface area contributed by atoms with Crippen LogP contribution in [0.3, 0.4) is 0 Å². The van der Waals surface area contributed by atoms with E-state index in [1.165, 1.54) is 12.8 Å². The molecule has 0 atom stereocenters. The van der Waals surface area contributed by atoms with Gasteiger partial charge in [-0.3, -0.25) is 9.79 Å². The van der Waals surface area contributed by atoms with Gasteiger partial charge in [0.05, 0.1) is 6.61 Å². The van der Waals surface area contributed by atoms with E-state index in [9.17, 15) is 4.79 Å². The van der Waals surface area contributed by atoms with Gasteiger partial charge in [0.1, 0.15) is 0 Å². The number of nitrogens with zero attached hydrogens (tertiary/aromatic N) is 3. The highest BCUT2D eigenvalue weighted by molar-refractivity contribution is 5.95. The number of aromatic nitrogens is 1. The van der Waals surface area contributed by atoms with Crippen LogP contribution in [-0.4, -0.2) is 37.1 Å². The lowest BCUT2D eigenvalue weighted by atomic mass is 10.2. The van der Waals surface area contributed by atoms with E-state index < -0.39 is 0 Å². The normalized spacial score (nSPS) is 16.6. The van der Waals surface area contributed by atoms with Gasteiger partial charge in [-0.15, -0.1) is 0 Å². The number of pyridine rings is 1. The van der Waals surface area contributed by atoms with Crippen LogP contribution >= 0.6 is 0 Å². The van der Waals surface area contributed by atoms with Crippen molar-refractivity contribution in [1.82, 2.24) is 15.6 Å². The standard InChI is InChI=1S/C23H29N5O2/c1-24-23(27-15-19-10-11-25-21(13-19)30-16-18-4-5-18)26-14-17-6-8-20(9-7-17)28-12-2-3-22(28)29/h6-11,13,18H,2-5,12,14-16H2,1H3,(H2,24,26,27). The molecule has 0 unspecified atom stereocenters. The van der Waals surface area contributed by atoms with Crippen LogP contribution in [0.5, 0.6) is 5.88 Å². The molecular weight excluding hydrogens is 378 g/mol. The van der Waals surface area contributed by atoms with E-state index in [1.807, 2.05) is 41.3 Å². The zero-order chi connectivity index (χ0) is 20.8. The van der Waals surface area contributed by atoms with Crippen LogP contribution < -0.4 is 20.3 Å². The Balaban J connectivity index is 1.25. The number of benzene rings is 1. The maximum atomic E-state index is 11.9. The van der Waals surface area contributed by atoms with Gasteiger partial charge in [-0.05, 0) is 54.5 Å². The third-order valence-corrected chi connectivity index (χ3v) is 5.43. The minimum Gasteiger partial charge on any atom is -0.477 e. The summed E-state index contributed by atoms with van der Waals surface area (Å²) in [6.45, 7) is 2.87. The van der Waals surface area contributed by atoms with Crippen molar-refractivity contribution in [1.29, 1.82) is 0 Å². The average Bonchev–Trinajstić information content (AvgIpc) is 3.52. The molecule has 1 saturated carbocycles. The highest BCUT2D eigenvalue weighted by Crippen LogP contribution is 2.29. The minimum absolute atomic E-state index is 0.211. The predicted molar refractivity (Wildman–Crippen MR) is 118 cm³/mol. The smallest absolute Gasteiger partial charge is 0.227 e. The molecule has 2 N–H and O–H groups in total. The first-order valence-corrected chi connectivity index (χ1v) is 10.6. The van der Waals surface area contributed by atoms with Crippen LogP contribution in [0.15, 0.2) is 47.6 Å². The summed E-state index contributed by atoms with van der Waals surface area (Å²) >= 11 is 0. The van der Waals surface area contributed by atoms with E-state index in [1.54, 1.807) is 13.2 Å². The molecule has 1 aromatic carbocycles. The predicted octanol–water partition coefficient (Wildman–Crippen LogP) is 2.86. The molecule has 0 spiro atoms. The number of hydrogen-bond donors (Lipinski definition) is 2. The molecule has 7 nitrogen and oxygen atoms in total. The van der Waals surface area contributed by atoms with Crippen molar-refractivity contribution >= 4 is 17.6 Å². The molecule has 2 aromatic rings. The first-order chi connectivity index (χ1) is 14.7. The van der Waals surface area contributed by atoms with Crippen molar-refractivity contribution in [3.05, 3.63) is 53.7 Å². The molecule has 2 fully saturated rings. The number of carbonyl (C=O) groups excluding carboxylic acids is 1. The van der Waals surface area contributed by atoms with E-state index in [-0.39, 0.29) is 5.91 Å². The molecule has 30 heavy (non-hydrogen) atoms. The Morgan fingerprint density at radius 1 is 1.17 bits per heavy atom. The van der Waals surface area contributed by atoms with Crippen LogP contribution in [0, 0.1) is 5.92 Å². The average molecular weight is 408 g/mol. The van der Waals surface area contributed by atoms with Crippen molar-refractivity contribution < 1.29 is 9.53 Å². The molecule has 1 amide bonds. The van der Waals surface area contributed by atoms with Gasteiger partial charge in [0.25, 0.3) is 0 Å². The molecule has 7 heteroatoms. The Morgan fingerprint density at radius 3 is 2.60 bits per heavy atom. The van der Waals surface area contributed by atoms with E-state index in [4.69, 9.17) is 4.74 Å². The largest absolute Gasteiger partial charge is 0.477 e. The number of anilines is 1. The number of ether oxygens (including phenoxy) is 1. The van der Waals surface area contributed by atoms with Crippen LogP contribution in [-0.2, 0) is 17.9 Å². The van der Waals surface area contributed by atoms with Crippen LogP contribution in [0.1, 0.15) is 36.8 Å².